The summed E-state index contributed by atoms with van der Waals surface area (Å²) in [6.07, 6.45) is 2.85. The molecule has 0 radical (unpaired) electrons. The van der Waals surface area contributed by atoms with Gasteiger partial charge >= 0.3 is 0 Å². The molecule has 2 aromatic heterocycles. The van der Waals surface area contributed by atoms with E-state index in [9.17, 15) is 4.39 Å². The molecule has 0 bridgehead atoms. The van der Waals surface area contributed by atoms with Gasteiger partial charge in [-0.3, -0.25) is 4.90 Å². The second-order valence-electron chi connectivity index (χ2n) is 7.22. The number of nitrogens with zero attached hydrogens (tertiary/aromatic N) is 3. The maximum absolute atomic E-state index is 13.7. The van der Waals surface area contributed by atoms with Crippen LogP contribution in [0.5, 0.6) is 0 Å². The number of hydrogen-bond donors (Lipinski definition) is 0. The van der Waals surface area contributed by atoms with Crippen molar-refractivity contribution in [2.24, 2.45) is 0 Å². The van der Waals surface area contributed by atoms with Gasteiger partial charge in [0.15, 0.2) is 0 Å². The fraction of sp³-hybridized carbons (Fsp3) is 0.350. The third kappa shape index (κ3) is 2.88. The van der Waals surface area contributed by atoms with E-state index in [2.05, 4.69) is 31.3 Å². The van der Waals surface area contributed by atoms with Crippen molar-refractivity contribution in [2.45, 2.75) is 31.7 Å². The molecule has 0 saturated carbocycles. The summed E-state index contributed by atoms with van der Waals surface area (Å²) in [7, 11) is 0. The lowest BCUT2D eigenvalue weighted by Gasteiger charge is -2.35. The molecule has 0 N–H and O–H groups in total. The zero-order valence-corrected chi connectivity index (χ0v) is 15.2. The molecule has 4 heterocycles. The highest BCUT2D eigenvalue weighted by Crippen LogP contribution is 2.35. The van der Waals surface area contributed by atoms with E-state index in [0.717, 1.165) is 49.7 Å². The minimum Gasteiger partial charge on any atom is -0.364 e. The zero-order valence-electron chi connectivity index (χ0n) is 14.4. The molecule has 1 aromatic carbocycles. The first-order valence-electron chi connectivity index (χ1n) is 8.89. The van der Waals surface area contributed by atoms with Gasteiger partial charge in [0, 0.05) is 25.2 Å². The van der Waals surface area contributed by atoms with Crippen LogP contribution in [-0.4, -0.2) is 33.1 Å². The topological polar surface area (TPSA) is 30.3 Å². The Morgan fingerprint density at radius 3 is 3.08 bits per heavy atom. The molecular weight excluding hydrogens is 349 g/mol. The summed E-state index contributed by atoms with van der Waals surface area (Å²) in [6, 6.07) is 8.92. The lowest BCUT2D eigenvalue weighted by Crippen LogP contribution is -2.44. The number of thiophene rings is 1. The number of ether oxygens (including phenoxy) is 1. The summed E-state index contributed by atoms with van der Waals surface area (Å²) in [5.41, 5.74) is 3.03. The molecule has 1 unspecified atom stereocenters. The molecule has 2 aliphatic rings. The van der Waals surface area contributed by atoms with Crippen LogP contribution in [0.2, 0.25) is 0 Å². The summed E-state index contributed by atoms with van der Waals surface area (Å²) in [6.45, 7) is 4.22. The Balaban J connectivity index is 1.39. The number of benzene rings is 1. The number of fused-ring (bicyclic) bond motifs is 1. The highest BCUT2D eigenvalue weighted by molar-refractivity contribution is 7.07. The van der Waals surface area contributed by atoms with Crippen LogP contribution in [0, 0.1) is 5.82 Å². The van der Waals surface area contributed by atoms with Crippen LogP contribution in [0.1, 0.15) is 17.8 Å². The van der Waals surface area contributed by atoms with Gasteiger partial charge in [0.05, 0.1) is 18.4 Å². The second-order valence-corrected chi connectivity index (χ2v) is 8.00. The number of hydrogen-bond acceptors (Lipinski definition) is 4. The SMILES string of the molecule is Fc1cccc(-c2cnc3n2CC2(CCN(Cc4ccsc4)C2)OC3)c1. The van der Waals surface area contributed by atoms with Gasteiger partial charge in [0.25, 0.3) is 0 Å². The quantitative estimate of drug-likeness (QED) is 0.701. The summed E-state index contributed by atoms with van der Waals surface area (Å²) in [5.74, 6) is 0.703. The van der Waals surface area contributed by atoms with Gasteiger partial charge < -0.3 is 9.30 Å². The average Bonchev–Trinajstić information content (AvgIpc) is 3.36. The Kier molecular flexibility index (Phi) is 3.92. The van der Waals surface area contributed by atoms with Crippen molar-refractivity contribution in [1.29, 1.82) is 0 Å². The van der Waals surface area contributed by atoms with Crippen LogP contribution in [0.3, 0.4) is 0 Å². The fourth-order valence-corrected chi connectivity index (χ4v) is 4.75. The number of aromatic nitrogens is 2. The molecular formula is C20H20FN3OS. The standard InChI is InChI=1S/C20H20FN3OS/c21-17-3-1-2-16(8-17)18-9-22-19-11-25-20(14-24(18)19)5-6-23(13-20)10-15-4-7-26-12-15/h1-4,7-9,12H,5-6,10-11,13-14H2. The van der Waals surface area contributed by atoms with E-state index in [-0.39, 0.29) is 11.4 Å². The van der Waals surface area contributed by atoms with Gasteiger partial charge in [-0.25, -0.2) is 9.37 Å². The van der Waals surface area contributed by atoms with Crippen molar-refractivity contribution in [3.63, 3.8) is 0 Å². The maximum atomic E-state index is 13.7. The summed E-state index contributed by atoms with van der Waals surface area (Å²) in [4.78, 5) is 6.96. The van der Waals surface area contributed by atoms with Crippen LogP contribution >= 0.6 is 11.3 Å². The molecule has 0 aliphatic carbocycles. The van der Waals surface area contributed by atoms with Crippen molar-refractivity contribution < 1.29 is 9.13 Å². The number of halogens is 1. The molecule has 26 heavy (non-hydrogen) atoms. The molecule has 0 amide bonds. The molecule has 1 spiro atoms. The van der Waals surface area contributed by atoms with E-state index < -0.39 is 0 Å². The summed E-state index contributed by atoms with van der Waals surface area (Å²) in [5, 5.41) is 4.34. The Morgan fingerprint density at radius 2 is 2.23 bits per heavy atom. The van der Waals surface area contributed by atoms with E-state index in [0.29, 0.717) is 6.61 Å². The highest BCUT2D eigenvalue weighted by Gasteiger charge is 2.43. The largest absolute Gasteiger partial charge is 0.364 e. The van der Waals surface area contributed by atoms with Crippen LogP contribution in [0.4, 0.5) is 4.39 Å². The van der Waals surface area contributed by atoms with Crippen molar-refractivity contribution >= 4 is 11.3 Å². The van der Waals surface area contributed by atoms with E-state index in [1.54, 1.807) is 23.5 Å². The van der Waals surface area contributed by atoms with Crippen LogP contribution in [0.15, 0.2) is 47.3 Å². The van der Waals surface area contributed by atoms with Gasteiger partial charge in [0.1, 0.15) is 23.8 Å². The van der Waals surface area contributed by atoms with E-state index in [1.165, 1.54) is 11.6 Å². The van der Waals surface area contributed by atoms with Crippen LogP contribution < -0.4 is 0 Å². The summed E-state index contributed by atoms with van der Waals surface area (Å²) >= 11 is 1.74. The van der Waals surface area contributed by atoms with Gasteiger partial charge in [-0.2, -0.15) is 11.3 Å². The van der Waals surface area contributed by atoms with E-state index in [1.807, 2.05) is 12.3 Å². The summed E-state index contributed by atoms with van der Waals surface area (Å²) < 4.78 is 22.2. The third-order valence-electron chi connectivity index (χ3n) is 5.39. The monoisotopic (exact) mass is 369 g/mol. The predicted molar refractivity (Wildman–Crippen MR) is 99.4 cm³/mol. The first-order valence-corrected chi connectivity index (χ1v) is 9.83. The third-order valence-corrected chi connectivity index (χ3v) is 6.13. The number of imidazole rings is 1. The fourth-order valence-electron chi connectivity index (χ4n) is 4.09. The minimum absolute atomic E-state index is 0.175. The van der Waals surface area contributed by atoms with Gasteiger partial charge in [0.2, 0.25) is 0 Å². The Hall–Kier alpha value is -2.02. The van der Waals surface area contributed by atoms with Crippen molar-refractivity contribution in [3.8, 4) is 11.3 Å². The van der Waals surface area contributed by atoms with Crippen LogP contribution in [0.25, 0.3) is 11.3 Å². The first-order chi connectivity index (χ1) is 12.7. The smallest absolute Gasteiger partial charge is 0.135 e. The van der Waals surface area contributed by atoms with E-state index >= 15 is 0 Å². The lowest BCUT2D eigenvalue weighted by molar-refractivity contribution is -0.0821. The van der Waals surface area contributed by atoms with Crippen LogP contribution in [-0.2, 0) is 24.4 Å². The minimum atomic E-state index is -0.220. The molecule has 6 heteroatoms. The van der Waals surface area contributed by atoms with Crippen molar-refractivity contribution in [2.75, 3.05) is 13.1 Å². The van der Waals surface area contributed by atoms with E-state index in [4.69, 9.17) is 4.74 Å². The van der Waals surface area contributed by atoms with Crippen molar-refractivity contribution in [3.05, 3.63) is 64.5 Å². The highest BCUT2D eigenvalue weighted by atomic mass is 32.1. The van der Waals surface area contributed by atoms with Gasteiger partial charge in [-0.15, -0.1) is 0 Å². The lowest BCUT2D eigenvalue weighted by atomic mass is 10.0. The molecule has 2 aliphatic heterocycles. The molecule has 3 aromatic rings. The molecule has 5 rings (SSSR count). The zero-order chi connectivity index (χ0) is 17.6. The Bertz CT molecular complexity index is 923. The molecule has 1 fully saturated rings. The Morgan fingerprint density at radius 1 is 1.27 bits per heavy atom. The second kappa shape index (κ2) is 6.30. The van der Waals surface area contributed by atoms with Crippen molar-refractivity contribution in [1.82, 2.24) is 14.5 Å². The maximum Gasteiger partial charge on any atom is 0.135 e. The normalized spacial score (nSPS) is 22.8. The first kappa shape index (κ1) is 16.2. The predicted octanol–water partition coefficient (Wildman–Crippen LogP) is 3.93. The molecule has 1 saturated heterocycles. The Labute approximate surface area is 155 Å². The molecule has 4 nitrogen and oxygen atoms in total. The number of likely N-dealkylation sites (tertiary alicyclic amines) is 1. The van der Waals surface area contributed by atoms with Gasteiger partial charge in [-0.05, 0) is 40.9 Å². The molecule has 134 valence electrons. The number of rotatable bonds is 3. The average molecular weight is 369 g/mol. The van der Waals surface area contributed by atoms with Gasteiger partial charge in [-0.1, -0.05) is 12.1 Å². The molecule has 1 atom stereocenters.